The van der Waals surface area contributed by atoms with Gasteiger partial charge < -0.3 is 9.64 Å². The molecule has 1 aromatic heterocycles. The van der Waals surface area contributed by atoms with Gasteiger partial charge in [-0.1, -0.05) is 13.8 Å². The number of carbonyl (C=O) groups excluding carboxylic acids is 1. The molecule has 146 valence electrons. The van der Waals surface area contributed by atoms with E-state index in [-0.39, 0.29) is 16.7 Å². The number of hydrogen-bond donors (Lipinski definition) is 0. The maximum absolute atomic E-state index is 12.9. The van der Waals surface area contributed by atoms with E-state index in [9.17, 15) is 13.2 Å². The van der Waals surface area contributed by atoms with E-state index in [0.29, 0.717) is 51.5 Å². The molecule has 1 aliphatic rings. The molecule has 1 amide bonds. The molecule has 0 unspecified atom stereocenters. The fraction of sp³-hybridized carbons (Fsp3) is 0.667. The Kier molecular flexibility index (Phi) is 7.55. The number of amides is 1. The highest BCUT2D eigenvalue weighted by Gasteiger charge is 2.33. The molecular weight excluding hydrogens is 354 g/mol. The molecule has 2 rings (SSSR count). The van der Waals surface area contributed by atoms with Gasteiger partial charge in [0.15, 0.2) is 0 Å². The van der Waals surface area contributed by atoms with E-state index < -0.39 is 10.0 Å². The standard InChI is InChI=1S/C18H29N3O4S/c1-15(2)14-20(11-12-25-3)18(22)16-6-9-21(10-7-16)26(23,24)17-5-4-8-19-13-17/h4-5,8,13,15-16H,6-7,9-12,14H2,1-3H3. The van der Waals surface area contributed by atoms with Crippen molar-refractivity contribution in [3.8, 4) is 0 Å². The monoisotopic (exact) mass is 383 g/mol. The molecule has 0 aromatic carbocycles. The third kappa shape index (κ3) is 5.25. The molecule has 1 fully saturated rings. The number of piperidine rings is 1. The van der Waals surface area contributed by atoms with Crippen molar-refractivity contribution in [3.63, 3.8) is 0 Å². The van der Waals surface area contributed by atoms with E-state index in [4.69, 9.17) is 4.74 Å². The lowest BCUT2D eigenvalue weighted by Crippen LogP contribution is -2.46. The van der Waals surface area contributed by atoms with Crippen LogP contribution in [0.15, 0.2) is 29.4 Å². The Bertz CT molecular complexity index is 671. The van der Waals surface area contributed by atoms with Crippen LogP contribution in [0.4, 0.5) is 0 Å². The minimum absolute atomic E-state index is 0.106. The number of methoxy groups -OCH3 is 1. The Hall–Kier alpha value is -1.51. The molecule has 0 bridgehead atoms. The van der Waals surface area contributed by atoms with Gasteiger partial charge in [-0.15, -0.1) is 0 Å². The highest BCUT2D eigenvalue weighted by Crippen LogP contribution is 2.25. The van der Waals surface area contributed by atoms with Gasteiger partial charge in [-0.2, -0.15) is 4.31 Å². The molecule has 26 heavy (non-hydrogen) atoms. The highest BCUT2D eigenvalue weighted by atomic mass is 32.2. The lowest BCUT2D eigenvalue weighted by atomic mass is 9.96. The number of pyridine rings is 1. The summed E-state index contributed by atoms with van der Waals surface area (Å²) in [6.07, 6.45) is 3.99. The predicted octanol–water partition coefficient (Wildman–Crippen LogP) is 1.61. The molecule has 0 radical (unpaired) electrons. The summed E-state index contributed by atoms with van der Waals surface area (Å²) in [7, 11) is -1.91. The highest BCUT2D eigenvalue weighted by molar-refractivity contribution is 7.89. The Morgan fingerprint density at radius 2 is 2.08 bits per heavy atom. The smallest absolute Gasteiger partial charge is 0.244 e. The normalized spacial score (nSPS) is 16.8. The molecular formula is C18H29N3O4S. The van der Waals surface area contributed by atoms with Gasteiger partial charge in [-0.3, -0.25) is 9.78 Å². The van der Waals surface area contributed by atoms with Crippen molar-refractivity contribution in [1.82, 2.24) is 14.2 Å². The van der Waals surface area contributed by atoms with Crippen LogP contribution < -0.4 is 0 Å². The summed E-state index contributed by atoms with van der Waals surface area (Å²) in [5.74, 6) is 0.349. The van der Waals surface area contributed by atoms with Crippen LogP contribution in [0.5, 0.6) is 0 Å². The largest absolute Gasteiger partial charge is 0.383 e. The maximum Gasteiger partial charge on any atom is 0.244 e. The lowest BCUT2D eigenvalue weighted by molar-refractivity contribution is -0.138. The van der Waals surface area contributed by atoms with Gasteiger partial charge in [0, 0.05) is 51.6 Å². The average molecular weight is 384 g/mol. The van der Waals surface area contributed by atoms with Crippen molar-refractivity contribution in [1.29, 1.82) is 0 Å². The Labute approximate surface area is 156 Å². The number of nitrogens with zero attached hydrogens (tertiary/aromatic N) is 3. The molecule has 1 saturated heterocycles. The summed E-state index contributed by atoms with van der Waals surface area (Å²) in [5.41, 5.74) is 0. The molecule has 1 aromatic rings. The number of rotatable bonds is 8. The van der Waals surface area contributed by atoms with Gasteiger partial charge in [-0.25, -0.2) is 8.42 Å². The van der Waals surface area contributed by atoms with Crippen LogP contribution in [0, 0.1) is 11.8 Å². The van der Waals surface area contributed by atoms with Crippen molar-refractivity contribution in [3.05, 3.63) is 24.5 Å². The summed E-state index contributed by atoms with van der Waals surface area (Å²) in [6.45, 7) is 6.64. The lowest BCUT2D eigenvalue weighted by Gasteiger charge is -2.34. The quantitative estimate of drug-likeness (QED) is 0.681. The van der Waals surface area contributed by atoms with Crippen molar-refractivity contribution in [2.75, 3.05) is 39.9 Å². The number of ether oxygens (including phenoxy) is 1. The third-order valence-corrected chi connectivity index (χ3v) is 6.42. The average Bonchev–Trinajstić information content (AvgIpc) is 2.65. The Morgan fingerprint density at radius 1 is 1.38 bits per heavy atom. The SMILES string of the molecule is COCCN(CC(C)C)C(=O)C1CCN(S(=O)(=O)c2cccnc2)CC1. The zero-order chi connectivity index (χ0) is 19.2. The van der Waals surface area contributed by atoms with Crippen LogP contribution in [0.1, 0.15) is 26.7 Å². The minimum atomic E-state index is -3.54. The van der Waals surface area contributed by atoms with E-state index in [1.54, 1.807) is 25.4 Å². The van der Waals surface area contributed by atoms with E-state index in [1.165, 1.54) is 10.5 Å². The Morgan fingerprint density at radius 3 is 2.62 bits per heavy atom. The molecule has 8 heteroatoms. The second-order valence-corrected chi connectivity index (χ2v) is 8.98. The number of hydrogen-bond acceptors (Lipinski definition) is 5. The van der Waals surface area contributed by atoms with E-state index in [2.05, 4.69) is 18.8 Å². The molecule has 0 spiro atoms. The summed E-state index contributed by atoms with van der Waals surface area (Å²) < 4.78 is 31.9. The first kappa shape index (κ1) is 20.8. The first-order valence-electron chi connectivity index (χ1n) is 9.04. The fourth-order valence-corrected chi connectivity index (χ4v) is 4.62. The van der Waals surface area contributed by atoms with Gasteiger partial charge in [0.1, 0.15) is 4.90 Å². The van der Waals surface area contributed by atoms with Crippen molar-refractivity contribution < 1.29 is 17.9 Å². The van der Waals surface area contributed by atoms with Gasteiger partial charge in [0.05, 0.1) is 6.61 Å². The van der Waals surface area contributed by atoms with Crippen molar-refractivity contribution >= 4 is 15.9 Å². The third-order valence-electron chi connectivity index (χ3n) is 4.54. The molecule has 0 aliphatic carbocycles. The topological polar surface area (TPSA) is 79.8 Å². The zero-order valence-electron chi connectivity index (χ0n) is 15.8. The molecule has 7 nitrogen and oxygen atoms in total. The summed E-state index contributed by atoms with van der Waals surface area (Å²) in [4.78, 5) is 18.8. The molecule has 2 heterocycles. The van der Waals surface area contributed by atoms with Crippen LogP contribution >= 0.6 is 0 Å². The first-order valence-corrected chi connectivity index (χ1v) is 10.5. The van der Waals surface area contributed by atoms with E-state index >= 15 is 0 Å². The molecule has 0 N–H and O–H groups in total. The van der Waals surface area contributed by atoms with Crippen LogP contribution in [0.3, 0.4) is 0 Å². The zero-order valence-corrected chi connectivity index (χ0v) is 16.6. The Balaban J connectivity index is 1.99. The van der Waals surface area contributed by atoms with Gasteiger partial charge in [0.25, 0.3) is 0 Å². The second-order valence-electron chi connectivity index (χ2n) is 7.04. The number of aromatic nitrogens is 1. The summed E-state index contributed by atoms with van der Waals surface area (Å²) in [6, 6.07) is 3.16. The van der Waals surface area contributed by atoms with Gasteiger partial charge in [-0.05, 0) is 30.9 Å². The van der Waals surface area contributed by atoms with E-state index in [1.807, 2.05) is 4.90 Å². The van der Waals surface area contributed by atoms with Crippen LogP contribution in [0.2, 0.25) is 0 Å². The van der Waals surface area contributed by atoms with Crippen molar-refractivity contribution in [2.45, 2.75) is 31.6 Å². The van der Waals surface area contributed by atoms with Crippen LogP contribution in [-0.4, -0.2) is 68.4 Å². The number of sulfonamides is 1. The van der Waals surface area contributed by atoms with Gasteiger partial charge in [0.2, 0.25) is 15.9 Å². The van der Waals surface area contributed by atoms with Crippen molar-refractivity contribution in [2.24, 2.45) is 11.8 Å². The molecule has 1 aliphatic heterocycles. The van der Waals surface area contributed by atoms with Crippen LogP contribution in [0.25, 0.3) is 0 Å². The van der Waals surface area contributed by atoms with Gasteiger partial charge >= 0.3 is 0 Å². The van der Waals surface area contributed by atoms with Crippen LogP contribution in [-0.2, 0) is 19.6 Å². The minimum Gasteiger partial charge on any atom is -0.383 e. The number of carbonyl (C=O) groups is 1. The maximum atomic E-state index is 12.9. The van der Waals surface area contributed by atoms with E-state index in [0.717, 1.165) is 0 Å². The fourth-order valence-electron chi connectivity index (χ4n) is 3.18. The molecule has 0 saturated carbocycles. The second kappa shape index (κ2) is 9.43. The molecule has 0 atom stereocenters. The first-order chi connectivity index (χ1) is 12.4. The summed E-state index contributed by atoms with van der Waals surface area (Å²) in [5, 5.41) is 0. The predicted molar refractivity (Wildman–Crippen MR) is 99.0 cm³/mol. The summed E-state index contributed by atoms with van der Waals surface area (Å²) >= 11 is 0.